The van der Waals surface area contributed by atoms with Crippen molar-refractivity contribution < 1.29 is 9.53 Å². The lowest BCUT2D eigenvalue weighted by molar-refractivity contribution is -0.118. The Balaban J connectivity index is 1.78. The number of Topliss-reactive ketones (excluding diaryl/α,β-unsaturated/α-hetero) is 1. The second-order valence-electron chi connectivity index (χ2n) is 4.97. The number of epoxide rings is 1. The molecule has 94 valence electrons. The molecule has 1 rings (SSSR count). The summed E-state index contributed by atoms with van der Waals surface area (Å²) in [5.41, 5.74) is 0. The fourth-order valence-electron chi connectivity index (χ4n) is 2.20. The van der Waals surface area contributed by atoms with E-state index in [2.05, 4.69) is 6.92 Å². The summed E-state index contributed by atoms with van der Waals surface area (Å²) < 4.78 is 5.29. The SMILES string of the molecule is CCCCCCCCCC[C@H]1O[C@@H]1C(C)=O. The topological polar surface area (TPSA) is 29.6 Å². The summed E-state index contributed by atoms with van der Waals surface area (Å²) in [6, 6.07) is 0. The molecule has 0 N–H and O–H groups in total. The highest BCUT2D eigenvalue weighted by Crippen LogP contribution is 2.28. The molecule has 0 aliphatic carbocycles. The van der Waals surface area contributed by atoms with Crippen molar-refractivity contribution >= 4 is 5.78 Å². The number of ether oxygens (including phenoxy) is 1. The predicted octanol–water partition coefficient (Wildman–Crippen LogP) is 3.87. The first-order chi connectivity index (χ1) is 7.75. The van der Waals surface area contributed by atoms with Crippen LogP contribution in [0.3, 0.4) is 0 Å². The van der Waals surface area contributed by atoms with Crippen molar-refractivity contribution in [2.24, 2.45) is 0 Å². The zero-order valence-corrected chi connectivity index (χ0v) is 10.8. The van der Waals surface area contributed by atoms with Crippen LogP contribution < -0.4 is 0 Å². The minimum absolute atomic E-state index is 0.0513. The van der Waals surface area contributed by atoms with Gasteiger partial charge >= 0.3 is 0 Å². The molecular formula is C14H26O2. The zero-order valence-electron chi connectivity index (χ0n) is 10.8. The van der Waals surface area contributed by atoms with Crippen LogP contribution in [0.25, 0.3) is 0 Å². The van der Waals surface area contributed by atoms with Gasteiger partial charge in [0.05, 0.1) is 6.10 Å². The third-order valence-electron chi connectivity index (χ3n) is 3.33. The van der Waals surface area contributed by atoms with Crippen molar-refractivity contribution in [3.8, 4) is 0 Å². The van der Waals surface area contributed by atoms with E-state index in [4.69, 9.17) is 4.74 Å². The molecule has 0 spiro atoms. The Morgan fingerprint density at radius 2 is 1.56 bits per heavy atom. The van der Waals surface area contributed by atoms with E-state index in [1.165, 1.54) is 51.4 Å². The third kappa shape index (κ3) is 5.64. The number of rotatable bonds is 10. The fraction of sp³-hybridized carbons (Fsp3) is 0.929. The Morgan fingerprint density at radius 3 is 2.06 bits per heavy atom. The molecule has 1 aliphatic rings. The molecule has 2 heteroatoms. The molecule has 1 heterocycles. The molecule has 0 radical (unpaired) electrons. The number of ketones is 1. The number of hydrogen-bond acceptors (Lipinski definition) is 2. The Hall–Kier alpha value is -0.370. The van der Waals surface area contributed by atoms with Crippen LogP contribution in [0, 0.1) is 0 Å². The first kappa shape index (κ1) is 13.7. The summed E-state index contributed by atoms with van der Waals surface area (Å²) in [5, 5.41) is 0. The van der Waals surface area contributed by atoms with Crippen LogP contribution in [0.15, 0.2) is 0 Å². The number of carbonyl (C=O) groups is 1. The summed E-state index contributed by atoms with van der Waals surface area (Å²) in [6.45, 7) is 3.87. The summed E-state index contributed by atoms with van der Waals surface area (Å²) >= 11 is 0. The molecule has 0 bridgehead atoms. The fourth-order valence-corrected chi connectivity index (χ4v) is 2.20. The Labute approximate surface area is 99.8 Å². The maximum Gasteiger partial charge on any atom is 0.161 e. The predicted molar refractivity (Wildman–Crippen MR) is 66.6 cm³/mol. The molecule has 1 fully saturated rings. The van der Waals surface area contributed by atoms with Gasteiger partial charge in [0.25, 0.3) is 0 Å². The highest BCUT2D eigenvalue weighted by molar-refractivity contribution is 5.83. The van der Waals surface area contributed by atoms with Crippen molar-refractivity contribution in [3.05, 3.63) is 0 Å². The van der Waals surface area contributed by atoms with Crippen molar-refractivity contribution in [1.82, 2.24) is 0 Å². The van der Waals surface area contributed by atoms with Crippen LogP contribution in [-0.4, -0.2) is 18.0 Å². The van der Waals surface area contributed by atoms with E-state index >= 15 is 0 Å². The van der Waals surface area contributed by atoms with Crippen molar-refractivity contribution in [2.75, 3.05) is 0 Å². The van der Waals surface area contributed by atoms with E-state index in [-0.39, 0.29) is 18.0 Å². The zero-order chi connectivity index (χ0) is 11.8. The van der Waals surface area contributed by atoms with E-state index in [9.17, 15) is 4.79 Å². The van der Waals surface area contributed by atoms with Crippen molar-refractivity contribution in [3.63, 3.8) is 0 Å². The molecule has 0 amide bonds. The second kappa shape index (κ2) is 7.83. The average Bonchev–Trinajstić information content (AvgIpc) is 3.01. The molecule has 0 saturated carbocycles. The first-order valence-corrected chi connectivity index (χ1v) is 6.91. The van der Waals surface area contributed by atoms with E-state index in [0.29, 0.717) is 0 Å². The van der Waals surface area contributed by atoms with Gasteiger partial charge < -0.3 is 4.74 Å². The molecule has 2 atom stereocenters. The lowest BCUT2D eigenvalue weighted by atomic mass is 10.1. The Bertz CT molecular complexity index is 201. The lowest BCUT2D eigenvalue weighted by Crippen LogP contribution is -2.04. The molecule has 0 aromatic carbocycles. The van der Waals surface area contributed by atoms with Gasteiger partial charge in [0.1, 0.15) is 6.10 Å². The van der Waals surface area contributed by atoms with E-state index in [1.54, 1.807) is 6.92 Å². The van der Waals surface area contributed by atoms with Crippen LogP contribution >= 0.6 is 0 Å². The normalized spacial score (nSPS) is 23.4. The van der Waals surface area contributed by atoms with E-state index < -0.39 is 0 Å². The molecule has 0 aromatic rings. The van der Waals surface area contributed by atoms with Crippen molar-refractivity contribution in [2.45, 2.75) is 83.8 Å². The summed E-state index contributed by atoms with van der Waals surface area (Å²) in [4.78, 5) is 10.9. The molecular weight excluding hydrogens is 200 g/mol. The highest BCUT2D eigenvalue weighted by atomic mass is 16.6. The molecule has 16 heavy (non-hydrogen) atoms. The van der Waals surface area contributed by atoms with Gasteiger partial charge in [-0.05, 0) is 13.3 Å². The maximum absolute atomic E-state index is 10.9. The average molecular weight is 226 g/mol. The standard InChI is InChI=1S/C14H26O2/c1-3-4-5-6-7-8-9-10-11-13-14(16-13)12(2)15/h13-14H,3-11H2,1-2H3/t13-,14-/m1/s1. The maximum atomic E-state index is 10.9. The Kier molecular flexibility index (Phi) is 6.70. The van der Waals surface area contributed by atoms with Crippen LogP contribution in [0.2, 0.25) is 0 Å². The van der Waals surface area contributed by atoms with Gasteiger partial charge in [-0.2, -0.15) is 0 Å². The van der Waals surface area contributed by atoms with Gasteiger partial charge in [-0.1, -0.05) is 58.3 Å². The molecule has 2 nitrogen and oxygen atoms in total. The summed E-state index contributed by atoms with van der Waals surface area (Å²) in [7, 11) is 0. The van der Waals surface area contributed by atoms with Gasteiger partial charge in [-0.15, -0.1) is 0 Å². The highest BCUT2D eigenvalue weighted by Gasteiger charge is 2.41. The van der Waals surface area contributed by atoms with E-state index in [1.807, 2.05) is 0 Å². The first-order valence-electron chi connectivity index (χ1n) is 6.91. The third-order valence-corrected chi connectivity index (χ3v) is 3.33. The molecule has 0 aromatic heterocycles. The van der Waals surface area contributed by atoms with Gasteiger partial charge in [0.2, 0.25) is 0 Å². The quantitative estimate of drug-likeness (QED) is 0.418. The van der Waals surface area contributed by atoms with Gasteiger partial charge in [-0.3, -0.25) is 4.79 Å². The molecule has 0 unspecified atom stereocenters. The monoisotopic (exact) mass is 226 g/mol. The van der Waals surface area contributed by atoms with Gasteiger partial charge in [-0.25, -0.2) is 0 Å². The van der Waals surface area contributed by atoms with Gasteiger partial charge in [0, 0.05) is 0 Å². The number of unbranched alkanes of at least 4 members (excludes halogenated alkanes) is 7. The lowest BCUT2D eigenvalue weighted by Gasteiger charge is -2.00. The van der Waals surface area contributed by atoms with Crippen molar-refractivity contribution in [1.29, 1.82) is 0 Å². The minimum atomic E-state index is -0.0513. The smallest absolute Gasteiger partial charge is 0.161 e. The van der Waals surface area contributed by atoms with Crippen LogP contribution in [0.5, 0.6) is 0 Å². The summed E-state index contributed by atoms with van der Waals surface area (Å²) in [5.74, 6) is 0.199. The minimum Gasteiger partial charge on any atom is -0.361 e. The summed E-state index contributed by atoms with van der Waals surface area (Å²) in [6.07, 6.45) is 12.0. The number of carbonyl (C=O) groups excluding carboxylic acids is 1. The van der Waals surface area contributed by atoms with Crippen LogP contribution in [0.1, 0.15) is 71.6 Å². The Morgan fingerprint density at radius 1 is 1.00 bits per heavy atom. The number of hydrogen-bond donors (Lipinski definition) is 0. The van der Waals surface area contributed by atoms with E-state index in [0.717, 1.165) is 6.42 Å². The molecule has 1 saturated heterocycles. The molecule has 1 aliphatic heterocycles. The second-order valence-corrected chi connectivity index (χ2v) is 4.97. The van der Waals surface area contributed by atoms with Crippen LogP contribution in [-0.2, 0) is 9.53 Å². The largest absolute Gasteiger partial charge is 0.361 e. The van der Waals surface area contributed by atoms with Gasteiger partial charge in [0.15, 0.2) is 5.78 Å². The van der Waals surface area contributed by atoms with Crippen LogP contribution in [0.4, 0.5) is 0 Å².